The van der Waals surface area contributed by atoms with Gasteiger partial charge < -0.3 is 9.30 Å². The first-order valence-corrected chi connectivity index (χ1v) is 13.2. The third-order valence-corrected chi connectivity index (χ3v) is 7.41. The molecular formula is C29H23Br2N3O3. The number of amides is 2. The predicted octanol–water partition coefficient (Wildman–Crippen LogP) is 6.66. The maximum atomic E-state index is 13.0. The number of para-hydroxylation sites is 1. The zero-order valence-electron chi connectivity index (χ0n) is 20.2. The number of anilines is 1. The van der Waals surface area contributed by atoms with Gasteiger partial charge in [0.1, 0.15) is 17.9 Å². The minimum Gasteiger partial charge on any atom is -0.489 e. The number of carbonyl (C=O) groups is 2. The van der Waals surface area contributed by atoms with E-state index in [0.717, 1.165) is 42.9 Å². The van der Waals surface area contributed by atoms with Crippen molar-refractivity contribution in [2.75, 3.05) is 5.01 Å². The van der Waals surface area contributed by atoms with Crippen LogP contribution in [0, 0.1) is 13.8 Å². The molecule has 2 amide bonds. The molecule has 1 fully saturated rings. The van der Waals surface area contributed by atoms with Gasteiger partial charge in [0.05, 0.1) is 5.69 Å². The highest BCUT2D eigenvalue weighted by molar-refractivity contribution is 9.11. The summed E-state index contributed by atoms with van der Waals surface area (Å²) in [5.41, 5.74) is 8.11. The molecule has 0 aliphatic carbocycles. The van der Waals surface area contributed by atoms with E-state index in [4.69, 9.17) is 4.74 Å². The van der Waals surface area contributed by atoms with E-state index >= 15 is 0 Å². The molecule has 37 heavy (non-hydrogen) atoms. The van der Waals surface area contributed by atoms with Crippen LogP contribution in [0.25, 0.3) is 11.8 Å². The van der Waals surface area contributed by atoms with E-state index in [1.807, 2.05) is 80.6 Å². The summed E-state index contributed by atoms with van der Waals surface area (Å²) in [6, 6.07) is 24.9. The van der Waals surface area contributed by atoms with Crippen molar-refractivity contribution in [1.82, 2.24) is 9.99 Å². The van der Waals surface area contributed by atoms with Gasteiger partial charge in [0, 0.05) is 31.6 Å². The summed E-state index contributed by atoms with van der Waals surface area (Å²) >= 11 is 7.03. The Morgan fingerprint density at radius 2 is 1.62 bits per heavy atom. The lowest BCUT2D eigenvalue weighted by Gasteiger charge is -2.13. The molecule has 4 aromatic rings. The van der Waals surface area contributed by atoms with E-state index in [9.17, 15) is 9.59 Å². The summed E-state index contributed by atoms with van der Waals surface area (Å²) in [5.74, 6) is -0.0323. The number of nitrogens with zero attached hydrogens (tertiary/aromatic N) is 2. The van der Waals surface area contributed by atoms with Gasteiger partial charge in [0.15, 0.2) is 0 Å². The maximum Gasteiger partial charge on any atom is 0.282 e. The molecule has 2 heterocycles. The Hall–Kier alpha value is -3.62. The van der Waals surface area contributed by atoms with Crippen LogP contribution in [-0.4, -0.2) is 16.4 Å². The number of hydrazine groups is 1. The zero-order chi connectivity index (χ0) is 26.1. The normalized spacial score (nSPS) is 14.4. The number of hydrogen-bond acceptors (Lipinski definition) is 3. The molecule has 1 aliphatic rings. The van der Waals surface area contributed by atoms with Crippen molar-refractivity contribution >= 4 is 55.4 Å². The summed E-state index contributed by atoms with van der Waals surface area (Å²) < 4.78 is 10.1. The van der Waals surface area contributed by atoms with Gasteiger partial charge in [-0.05, 0) is 80.1 Å². The summed E-state index contributed by atoms with van der Waals surface area (Å²) in [4.78, 5) is 25.6. The van der Waals surface area contributed by atoms with E-state index in [1.165, 1.54) is 5.01 Å². The number of ether oxygens (including phenoxy) is 1. The average Bonchev–Trinajstić information content (AvgIpc) is 3.33. The zero-order valence-corrected chi connectivity index (χ0v) is 23.3. The van der Waals surface area contributed by atoms with E-state index in [2.05, 4.69) is 41.9 Å². The van der Waals surface area contributed by atoms with E-state index in [0.29, 0.717) is 12.3 Å². The van der Waals surface area contributed by atoms with Gasteiger partial charge in [-0.25, -0.2) is 5.01 Å². The van der Waals surface area contributed by atoms with Gasteiger partial charge >= 0.3 is 0 Å². The van der Waals surface area contributed by atoms with E-state index in [-0.39, 0.29) is 11.5 Å². The molecule has 0 radical (unpaired) electrons. The maximum absolute atomic E-state index is 13.0. The Morgan fingerprint density at radius 3 is 2.32 bits per heavy atom. The Balaban J connectivity index is 1.35. The summed E-state index contributed by atoms with van der Waals surface area (Å²) in [6.07, 6.45) is 1.66. The van der Waals surface area contributed by atoms with Crippen LogP contribution in [-0.2, 0) is 16.2 Å². The molecule has 8 heteroatoms. The lowest BCUT2D eigenvalue weighted by Crippen LogP contribution is -2.35. The molecule has 186 valence electrons. The molecule has 0 bridgehead atoms. The SMILES string of the molecule is Cc1cc(/C=C2/C(=O)NN(c3ccccc3)C2=O)c(C)n1-c1ccc(OCc2ccc(Br)cc2Br)cc1. The average molecular weight is 621 g/mol. The first kappa shape index (κ1) is 25.0. The van der Waals surface area contributed by atoms with Gasteiger partial charge in [-0.1, -0.05) is 56.1 Å². The third kappa shape index (κ3) is 5.12. The first-order valence-electron chi connectivity index (χ1n) is 11.6. The molecule has 0 unspecified atom stereocenters. The fourth-order valence-corrected chi connectivity index (χ4v) is 5.46. The molecule has 6 nitrogen and oxygen atoms in total. The largest absolute Gasteiger partial charge is 0.489 e. The van der Waals surface area contributed by atoms with Crippen molar-refractivity contribution in [2.24, 2.45) is 0 Å². The summed E-state index contributed by atoms with van der Waals surface area (Å²) in [5, 5.41) is 1.28. The molecule has 1 saturated heterocycles. The van der Waals surface area contributed by atoms with Crippen molar-refractivity contribution in [3.63, 3.8) is 0 Å². The molecule has 0 spiro atoms. The summed E-state index contributed by atoms with van der Waals surface area (Å²) in [6.45, 7) is 4.42. The van der Waals surface area contributed by atoms with Crippen molar-refractivity contribution in [1.29, 1.82) is 0 Å². The highest BCUT2D eigenvalue weighted by atomic mass is 79.9. The Bertz CT molecular complexity index is 1530. The second kappa shape index (κ2) is 10.4. The Labute approximate surface area is 231 Å². The number of benzene rings is 3. The van der Waals surface area contributed by atoms with Crippen LogP contribution in [0.2, 0.25) is 0 Å². The van der Waals surface area contributed by atoms with Crippen molar-refractivity contribution in [3.8, 4) is 11.4 Å². The number of halogens is 2. The molecule has 1 N–H and O–H groups in total. The second-order valence-corrected chi connectivity index (χ2v) is 10.4. The van der Waals surface area contributed by atoms with E-state index in [1.54, 1.807) is 18.2 Å². The van der Waals surface area contributed by atoms with Crippen LogP contribution >= 0.6 is 31.9 Å². The molecule has 0 atom stereocenters. The molecule has 1 aromatic heterocycles. The fourth-order valence-electron chi connectivity index (χ4n) is 4.29. The molecule has 5 rings (SSSR count). The quantitative estimate of drug-likeness (QED) is 0.194. The number of aryl methyl sites for hydroxylation is 1. The van der Waals surface area contributed by atoms with Crippen LogP contribution in [0.3, 0.4) is 0 Å². The monoisotopic (exact) mass is 619 g/mol. The Morgan fingerprint density at radius 1 is 0.892 bits per heavy atom. The molecule has 1 aliphatic heterocycles. The third-order valence-electron chi connectivity index (χ3n) is 6.18. The minimum atomic E-state index is -0.419. The lowest BCUT2D eigenvalue weighted by atomic mass is 10.1. The van der Waals surface area contributed by atoms with Gasteiger partial charge in [0.2, 0.25) is 0 Å². The van der Waals surface area contributed by atoms with Crippen LogP contribution in [0.4, 0.5) is 5.69 Å². The van der Waals surface area contributed by atoms with Gasteiger partial charge in [-0.15, -0.1) is 0 Å². The topological polar surface area (TPSA) is 63.6 Å². The van der Waals surface area contributed by atoms with Crippen molar-refractivity contribution in [2.45, 2.75) is 20.5 Å². The van der Waals surface area contributed by atoms with Gasteiger partial charge in [-0.3, -0.25) is 15.0 Å². The number of rotatable bonds is 6. The van der Waals surface area contributed by atoms with Crippen LogP contribution in [0.5, 0.6) is 5.75 Å². The smallest absolute Gasteiger partial charge is 0.282 e. The standard InChI is InChI=1S/C29H23Br2N3O3/c1-18-14-21(15-26-28(35)32-34(29(26)36)24-6-4-3-5-7-24)19(2)33(18)23-10-12-25(13-11-23)37-17-20-8-9-22(30)16-27(20)31/h3-16H,17H2,1-2H3,(H,32,35)/b26-15-. The molecule has 3 aromatic carbocycles. The van der Waals surface area contributed by atoms with Crippen LogP contribution in [0.1, 0.15) is 22.5 Å². The van der Waals surface area contributed by atoms with Gasteiger partial charge in [-0.2, -0.15) is 0 Å². The number of carbonyl (C=O) groups excluding carboxylic acids is 2. The predicted molar refractivity (Wildman–Crippen MR) is 151 cm³/mol. The lowest BCUT2D eigenvalue weighted by molar-refractivity contribution is -0.117. The number of aromatic nitrogens is 1. The molecular weight excluding hydrogens is 598 g/mol. The van der Waals surface area contributed by atoms with E-state index < -0.39 is 5.91 Å². The number of hydrogen-bond donors (Lipinski definition) is 1. The van der Waals surface area contributed by atoms with Crippen molar-refractivity contribution in [3.05, 3.63) is 116 Å². The first-order chi connectivity index (χ1) is 17.8. The number of nitrogens with one attached hydrogen (secondary N) is 1. The second-order valence-electron chi connectivity index (χ2n) is 8.66. The summed E-state index contributed by atoms with van der Waals surface area (Å²) in [7, 11) is 0. The fraction of sp³-hybridized carbons (Fsp3) is 0.103. The van der Waals surface area contributed by atoms with Crippen molar-refractivity contribution < 1.29 is 14.3 Å². The highest BCUT2D eigenvalue weighted by Crippen LogP contribution is 2.28. The van der Waals surface area contributed by atoms with Crippen LogP contribution in [0.15, 0.2) is 93.4 Å². The van der Waals surface area contributed by atoms with Crippen LogP contribution < -0.4 is 15.2 Å². The molecule has 0 saturated carbocycles. The minimum absolute atomic E-state index is 0.104. The highest BCUT2D eigenvalue weighted by Gasteiger charge is 2.34. The Kier molecular flexibility index (Phi) is 7.04. The van der Waals surface area contributed by atoms with Gasteiger partial charge in [0.25, 0.3) is 11.8 Å².